The number of aryl methyl sites for hydroxylation is 1. The molecule has 4 aromatic rings. The third-order valence-corrected chi connectivity index (χ3v) is 6.25. The van der Waals surface area contributed by atoms with Gasteiger partial charge in [-0.25, -0.2) is 9.59 Å². The van der Waals surface area contributed by atoms with Gasteiger partial charge < -0.3 is 9.47 Å². The number of rotatable bonds is 8. The van der Waals surface area contributed by atoms with Crippen molar-refractivity contribution in [1.29, 1.82) is 0 Å². The standard InChI is InChI=1S/C27H22O4S/c1-3-26(28)30-15-5-6-18-7-9-19(10-8-18)20-11-13-22-23-14-12-21(31-27(29)4-2)17-25(23)32-24(22)16-20/h3-4,7-14,16-17H,1-2,5-6,15H2. The topological polar surface area (TPSA) is 52.6 Å². The molecule has 1 heterocycles. The minimum absolute atomic E-state index is 0.383. The minimum atomic E-state index is -0.464. The van der Waals surface area contributed by atoms with Crippen LogP contribution >= 0.6 is 11.3 Å². The molecule has 160 valence electrons. The van der Waals surface area contributed by atoms with Gasteiger partial charge in [-0.05, 0) is 53.8 Å². The van der Waals surface area contributed by atoms with Crippen molar-refractivity contribution in [2.24, 2.45) is 0 Å². The molecular weight excluding hydrogens is 420 g/mol. The quantitative estimate of drug-likeness (QED) is 0.136. The van der Waals surface area contributed by atoms with Gasteiger partial charge in [0.15, 0.2) is 0 Å². The molecule has 0 fully saturated rings. The van der Waals surface area contributed by atoms with Crippen molar-refractivity contribution in [3.05, 3.63) is 91.5 Å². The number of ether oxygens (including phenoxy) is 2. The lowest BCUT2D eigenvalue weighted by Crippen LogP contribution is -2.02. The molecule has 1 aromatic heterocycles. The lowest BCUT2D eigenvalue weighted by atomic mass is 10.0. The van der Waals surface area contributed by atoms with Crippen LogP contribution in [0.5, 0.6) is 5.75 Å². The zero-order valence-electron chi connectivity index (χ0n) is 17.5. The van der Waals surface area contributed by atoms with Crippen molar-refractivity contribution < 1.29 is 19.1 Å². The number of fused-ring (bicyclic) bond motifs is 3. The highest BCUT2D eigenvalue weighted by Crippen LogP contribution is 2.38. The monoisotopic (exact) mass is 442 g/mol. The summed E-state index contributed by atoms with van der Waals surface area (Å²) in [5, 5.41) is 2.32. The lowest BCUT2D eigenvalue weighted by Gasteiger charge is -2.06. The van der Waals surface area contributed by atoms with Crippen molar-refractivity contribution in [2.45, 2.75) is 12.8 Å². The minimum Gasteiger partial charge on any atom is -0.463 e. The Balaban J connectivity index is 1.51. The summed E-state index contributed by atoms with van der Waals surface area (Å²) in [5.74, 6) is -0.330. The average Bonchev–Trinajstić information content (AvgIpc) is 3.18. The highest BCUT2D eigenvalue weighted by molar-refractivity contribution is 7.25. The molecule has 0 aliphatic heterocycles. The van der Waals surface area contributed by atoms with Crippen LogP contribution in [0.1, 0.15) is 12.0 Å². The predicted octanol–water partition coefficient (Wildman–Crippen LogP) is 6.47. The van der Waals surface area contributed by atoms with Gasteiger partial charge in [-0.1, -0.05) is 49.6 Å². The first-order chi connectivity index (χ1) is 15.6. The largest absolute Gasteiger partial charge is 0.463 e. The summed E-state index contributed by atoms with van der Waals surface area (Å²) in [7, 11) is 0. The second-order valence-electron chi connectivity index (χ2n) is 7.27. The van der Waals surface area contributed by atoms with Gasteiger partial charge in [-0.2, -0.15) is 0 Å². The summed E-state index contributed by atoms with van der Waals surface area (Å²) in [6.07, 6.45) is 3.96. The molecule has 4 nitrogen and oxygen atoms in total. The summed E-state index contributed by atoms with van der Waals surface area (Å²) in [5.41, 5.74) is 3.49. The lowest BCUT2D eigenvalue weighted by molar-refractivity contribution is -0.137. The summed E-state index contributed by atoms with van der Waals surface area (Å²) in [6, 6.07) is 20.6. The van der Waals surface area contributed by atoms with E-state index >= 15 is 0 Å². The Hall–Kier alpha value is -3.70. The molecule has 0 radical (unpaired) electrons. The van der Waals surface area contributed by atoms with Crippen LogP contribution in [-0.2, 0) is 20.7 Å². The first-order valence-corrected chi connectivity index (χ1v) is 11.1. The van der Waals surface area contributed by atoms with Crippen LogP contribution in [0.3, 0.4) is 0 Å². The zero-order chi connectivity index (χ0) is 22.5. The molecular formula is C27H22O4S. The Labute approximate surface area is 190 Å². The van der Waals surface area contributed by atoms with E-state index in [9.17, 15) is 9.59 Å². The molecule has 0 aliphatic carbocycles. The van der Waals surface area contributed by atoms with Gasteiger partial charge in [-0.15, -0.1) is 11.3 Å². The molecule has 0 atom stereocenters. The van der Waals surface area contributed by atoms with E-state index in [0.717, 1.165) is 40.1 Å². The highest BCUT2D eigenvalue weighted by Gasteiger charge is 2.09. The maximum absolute atomic E-state index is 11.5. The van der Waals surface area contributed by atoms with E-state index in [1.54, 1.807) is 17.4 Å². The Kier molecular flexibility index (Phi) is 6.47. The van der Waals surface area contributed by atoms with E-state index in [-0.39, 0.29) is 5.97 Å². The number of benzene rings is 3. The second kappa shape index (κ2) is 9.62. The fraction of sp³-hybridized carbons (Fsp3) is 0.111. The van der Waals surface area contributed by atoms with E-state index in [1.807, 2.05) is 12.1 Å². The molecule has 32 heavy (non-hydrogen) atoms. The van der Waals surface area contributed by atoms with Crippen molar-refractivity contribution >= 4 is 43.4 Å². The van der Waals surface area contributed by atoms with Gasteiger partial charge >= 0.3 is 11.9 Å². The first kappa shape index (κ1) is 21.5. The fourth-order valence-corrected chi connectivity index (χ4v) is 4.70. The van der Waals surface area contributed by atoms with Gasteiger partial charge in [0.1, 0.15) is 5.75 Å². The van der Waals surface area contributed by atoms with Crippen LogP contribution in [0, 0.1) is 0 Å². The number of hydrogen-bond acceptors (Lipinski definition) is 5. The number of hydrogen-bond donors (Lipinski definition) is 0. The van der Waals surface area contributed by atoms with Crippen LogP contribution in [0.4, 0.5) is 0 Å². The third-order valence-electron chi connectivity index (χ3n) is 5.14. The fourth-order valence-electron chi connectivity index (χ4n) is 3.53. The molecule has 3 aromatic carbocycles. The van der Waals surface area contributed by atoms with Crippen LogP contribution in [0.2, 0.25) is 0 Å². The van der Waals surface area contributed by atoms with E-state index in [2.05, 4.69) is 55.6 Å². The first-order valence-electron chi connectivity index (χ1n) is 10.3. The van der Waals surface area contributed by atoms with Crippen molar-refractivity contribution in [1.82, 2.24) is 0 Å². The van der Waals surface area contributed by atoms with E-state index < -0.39 is 5.97 Å². The molecule has 0 bridgehead atoms. The summed E-state index contributed by atoms with van der Waals surface area (Å²) >= 11 is 1.67. The van der Waals surface area contributed by atoms with Crippen molar-refractivity contribution in [2.75, 3.05) is 6.61 Å². The molecule has 5 heteroatoms. The Morgan fingerprint density at radius 3 is 2.19 bits per heavy atom. The van der Waals surface area contributed by atoms with Gasteiger partial charge in [0.25, 0.3) is 0 Å². The predicted molar refractivity (Wildman–Crippen MR) is 130 cm³/mol. The van der Waals surface area contributed by atoms with Gasteiger partial charge in [0, 0.05) is 32.3 Å². The summed E-state index contributed by atoms with van der Waals surface area (Å²) in [6.45, 7) is 7.21. The molecule has 4 rings (SSSR count). The average molecular weight is 443 g/mol. The Morgan fingerprint density at radius 2 is 1.47 bits per heavy atom. The highest BCUT2D eigenvalue weighted by atomic mass is 32.1. The van der Waals surface area contributed by atoms with Gasteiger partial charge in [0.2, 0.25) is 0 Å². The van der Waals surface area contributed by atoms with E-state index in [1.165, 1.54) is 21.7 Å². The van der Waals surface area contributed by atoms with Gasteiger partial charge in [-0.3, -0.25) is 0 Å². The van der Waals surface area contributed by atoms with Crippen molar-refractivity contribution in [3.8, 4) is 16.9 Å². The van der Waals surface area contributed by atoms with Crippen LogP contribution in [0.25, 0.3) is 31.3 Å². The number of esters is 2. The van der Waals surface area contributed by atoms with Crippen LogP contribution in [-0.4, -0.2) is 18.5 Å². The third kappa shape index (κ3) is 4.79. The molecule has 0 saturated carbocycles. The molecule has 0 spiro atoms. The number of carbonyl (C=O) groups excluding carboxylic acids is 2. The van der Waals surface area contributed by atoms with E-state index in [0.29, 0.717) is 12.4 Å². The number of thiophene rings is 1. The maximum Gasteiger partial charge on any atom is 0.335 e. The van der Waals surface area contributed by atoms with Crippen LogP contribution < -0.4 is 4.74 Å². The van der Waals surface area contributed by atoms with Gasteiger partial charge in [0.05, 0.1) is 6.61 Å². The molecule has 0 N–H and O–H groups in total. The van der Waals surface area contributed by atoms with Crippen molar-refractivity contribution in [3.63, 3.8) is 0 Å². The second-order valence-corrected chi connectivity index (χ2v) is 8.35. The Morgan fingerprint density at radius 1 is 0.812 bits per heavy atom. The SMILES string of the molecule is C=CC(=O)OCCCc1ccc(-c2ccc3c(c2)sc2cc(OC(=O)C=C)ccc23)cc1. The Bertz CT molecular complexity index is 1320. The normalized spacial score (nSPS) is 10.8. The maximum atomic E-state index is 11.5. The molecule has 0 saturated heterocycles. The molecule has 0 aliphatic rings. The van der Waals surface area contributed by atoms with E-state index in [4.69, 9.17) is 9.47 Å². The zero-order valence-corrected chi connectivity index (χ0v) is 18.3. The smallest absolute Gasteiger partial charge is 0.335 e. The summed E-state index contributed by atoms with van der Waals surface area (Å²) < 4.78 is 12.5. The number of carbonyl (C=O) groups is 2. The molecule has 0 unspecified atom stereocenters. The molecule has 0 amide bonds. The van der Waals surface area contributed by atoms with Crippen LogP contribution in [0.15, 0.2) is 86.0 Å². The summed E-state index contributed by atoms with van der Waals surface area (Å²) in [4.78, 5) is 22.6.